The number of hydrogen-bond donors (Lipinski definition) is 1. The van der Waals surface area contributed by atoms with E-state index in [0.29, 0.717) is 17.1 Å². The van der Waals surface area contributed by atoms with E-state index in [1.165, 1.54) is 6.33 Å². The Labute approximate surface area is 128 Å². The molecular weight excluding hydrogens is 288 g/mol. The van der Waals surface area contributed by atoms with Crippen LogP contribution in [0, 0.1) is 6.92 Å². The predicted molar refractivity (Wildman–Crippen MR) is 80.2 cm³/mol. The van der Waals surface area contributed by atoms with Crippen LogP contribution in [-0.2, 0) is 0 Å². The Morgan fingerprint density at radius 2 is 2.29 bits per heavy atom. The van der Waals surface area contributed by atoms with Gasteiger partial charge in [-0.15, -0.1) is 0 Å². The smallest absolute Gasteiger partial charge is 0.255 e. The summed E-state index contributed by atoms with van der Waals surface area (Å²) in [6, 6.07) is 5.48. The molecule has 1 saturated heterocycles. The number of halogens is 1. The van der Waals surface area contributed by atoms with Gasteiger partial charge in [0, 0.05) is 6.54 Å². The Kier molecular flexibility index (Phi) is 3.92. The van der Waals surface area contributed by atoms with Crippen molar-refractivity contribution in [3.63, 3.8) is 0 Å². The largest absolute Gasteiger partial charge is 0.328 e. The van der Waals surface area contributed by atoms with Gasteiger partial charge in [-0.05, 0) is 43.9 Å². The quantitative estimate of drug-likeness (QED) is 0.927. The molecule has 21 heavy (non-hydrogen) atoms. The molecule has 2 heterocycles. The maximum Gasteiger partial charge on any atom is 0.255 e. The first-order chi connectivity index (χ1) is 10.2. The van der Waals surface area contributed by atoms with Crippen LogP contribution in [0.25, 0.3) is 0 Å². The third kappa shape index (κ3) is 2.78. The molecule has 3 rings (SSSR count). The Hall–Kier alpha value is -1.88. The Morgan fingerprint density at radius 1 is 1.43 bits per heavy atom. The standard InChI is InChI=1S/C15H17ClN4O/c1-10-5-6-11(12(16)8-10)15(21)20-7-3-2-4-13(20)14-17-9-18-19-14/h5-6,8-9,13H,2-4,7H2,1H3,(H,17,18,19)/t13-/m1/s1. The van der Waals surface area contributed by atoms with Crippen LogP contribution in [-0.4, -0.2) is 32.5 Å². The first-order valence-electron chi connectivity index (χ1n) is 7.09. The zero-order chi connectivity index (χ0) is 14.8. The highest BCUT2D eigenvalue weighted by Crippen LogP contribution is 2.31. The highest BCUT2D eigenvalue weighted by Gasteiger charge is 2.31. The van der Waals surface area contributed by atoms with Gasteiger partial charge in [-0.2, -0.15) is 5.10 Å². The number of aryl methyl sites for hydroxylation is 1. The summed E-state index contributed by atoms with van der Waals surface area (Å²) in [5.41, 5.74) is 1.59. The minimum Gasteiger partial charge on any atom is -0.328 e. The maximum atomic E-state index is 12.8. The summed E-state index contributed by atoms with van der Waals surface area (Å²) in [6.07, 6.45) is 4.45. The van der Waals surface area contributed by atoms with E-state index >= 15 is 0 Å². The summed E-state index contributed by atoms with van der Waals surface area (Å²) < 4.78 is 0. The molecule has 5 nitrogen and oxygen atoms in total. The van der Waals surface area contributed by atoms with Gasteiger partial charge in [-0.1, -0.05) is 17.7 Å². The van der Waals surface area contributed by atoms with Gasteiger partial charge in [0.1, 0.15) is 12.2 Å². The molecule has 1 amide bonds. The molecule has 1 atom stereocenters. The second-order valence-corrected chi connectivity index (χ2v) is 5.77. The van der Waals surface area contributed by atoms with Crippen LogP contribution in [0.2, 0.25) is 5.02 Å². The molecular formula is C15H17ClN4O. The summed E-state index contributed by atoms with van der Waals surface area (Å²) in [5.74, 6) is 0.701. The number of H-pyrrole nitrogens is 1. The summed E-state index contributed by atoms with van der Waals surface area (Å²) >= 11 is 6.23. The van der Waals surface area contributed by atoms with E-state index in [9.17, 15) is 4.79 Å². The minimum atomic E-state index is -0.0499. The molecule has 1 aliphatic rings. The van der Waals surface area contributed by atoms with Crippen molar-refractivity contribution in [1.29, 1.82) is 0 Å². The average Bonchev–Trinajstić information content (AvgIpc) is 3.01. The molecule has 1 aromatic heterocycles. The van der Waals surface area contributed by atoms with E-state index in [1.54, 1.807) is 6.07 Å². The zero-order valence-corrected chi connectivity index (χ0v) is 12.6. The van der Waals surface area contributed by atoms with Crippen molar-refractivity contribution in [1.82, 2.24) is 20.1 Å². The highest BCUT2D eigenvalue weighted by atomic mass is 35.5. The topological polar surface area (TPSA) is 61.9 Å². The lowest BCUT2D eigenvalue weighted by molar-refractivity contribution is 0.0600. The zero-order valence-electron chi connectivity index (χ0n) is 11.8. The predicted octanol–water partition coefficient (Wildman–Crippen LogP) is 3.13. The third-order valence-electron chi connectivity index (χ3n) is 3.87. The van der Waals surface area contributed by atoms with Crippen LogP contribution in [0.1, 0.15) is 47.1 Å². The van der Waals surface area contributed by atoms with Crippen LogP contribution in [0.4, 0.5) is 0 Å². The van der Waals surface area contributed by atoms with Gasteiger partial charge >= 0.3 is 0 Å². The summed E-state index contributed by atoms with van der Waals surface area (Å²) in [5, 5.41) is 7.27. The molecule has 0 aliphatic carbocycles. The lowest BCUT2D eigenvalue weighted by Crippen LogP contribution is -2.39. The summed E-state index contributed by atoms with van der Waals surface area (Å²) in [6.45, 7) is 2.67. The van der Waals surface area contributed by atoms with Crippen molar-refractivity contribution >= 4 is 17.5 Å². The summed E-state index contributed by atoms with van der Waals surface area (Å²) in [4.78, 5) is 18.9. The van der Waals surface area contributed by atoms with Crippen LogP contribution in [0.15, 0.2) is 24.5 Å². The fourth-order valence-corrected chi connectivity index (χ4v) is 3.10. The van der Waals surface area contributed by atoms with Crippen LogP contribution in [0.5, 0.6) is 0 Å². The number of rotatable bonds is 2. The normalized spacial score (nSPS) is 18.8. The number of aromatic nitrogens is 3. The van der Waals surface area contributed by atoms with Gasteiger partial charge in [-0.3, -0.25) is 9.89 Å². The van der Waals surface area contributed by atoms with Gasteiger partial charge in [0.15, 0.2) is 0 Å². The highest BCUT2D eigenvalue weighted by molar-refractivity contribution is 6.33. The van der Waals surface area contributed by atoms with Crippen molar-refractivity contribution in [3.05, 3.63) is 46.5 Å². The van der Waals surface area contributed by atoms with Crippen molar-refractivity contribution in [2.75, 3.05) is 6.54 Å². The monoisotopic (exact) mass is 304 g/mol. The van der Waals surface area contributed by atoms with Crippen LogP contribution in [0.3, 0.4) is 0 Å². The molecule has 1 N–H and O–H groups in total. The Bertz CT molecular complexity index is 641. The molecule has 6 heteroatoms. The van der Waals surface area contributed by atoms with Crippen molar-refractivity contribution in [2.24, 2.45) is 0 Å². The second kappa shape index (κ2) is 5.85. The van der Waals surface area contributed by atoms with E-state index in [-0.39, 0.29) is 11.9 Å². The molecule has 1 fully saturated rings. The first-order valence-corrected chi connectivity index (χ1v) is 7.47. The number of carbonyl (C=O) groups excluding carboxylic acids is 1. The number of benzene rings is 1. The molecule has 0 radical (unpaired) electrons. The Balaban J connectivity index is 1.91. The molecule has 1 aliphatic heterocycles. The summed E-state index contributed by atoms with van der Waals surface area (Å²) in [7, 11) is 0. The van der Waals surface area contributed by atoms with E-state index < -0.39 is 0 Å². The molecule has 0 unspecified atom stereocenters. The fourth-order valence-electron chi connectivity index (χ4n) is 2.78. The van der Waals surface area contributed by atoms with E-state index in [0.717, 1.165) is 30.7 Å². The number of amides is 1. The van der Waals surface area contributed by atoms with Crippen LogP contribution >= 0.6 is 11.6 Å². The van der Waals surface area contributed by atoms with Crippen molar-refractivity contribution in [3.8, 4) is 0 Å². The molecule has 110 valence electrons. The van der Waals surface area contributed by atoms with E-state index in [2.05, 4.69) is 15.2 Å². The van der Waals surface area contributed by atoms with Gasteiger partial charge in [0.05, 0.1) is 16.6 Å². The molecule has 0 saturated carbocycles. The molecule has 0 bridgehead atoms. The SMILES string of the molecule is Cc1ccc(C(=O)N2CCCC[C@@H]2c2ncn[nH]2)c(Cl)c1. The Morgan fingerprint density at radius 3 is 3.00 bits per heavy atom. The lowest BCUT2D eigenvalue weighted by Gasteiger charge is -2.34. The number of carbonyl (C=O) groups is 1. The number of hydrogen-bond acceptors (Lipinski definition) is 3. The van der Waals surface area contributed by atoms with Crippen molar-refractivity contribution in [2.45, 2.75) is 32.2 Å². The minimum absolute atomic E-state index is 0.0406. The fraction of sp³-hybridized carbons (Fsp3) is 0.400. The number of likely N-dealkylation sites (tertiary alicyclic amines) is 1. The average molecular weight is 305 g/mol. The van der Waals surface area contributed by atoms with Gasteiger partial charge < -0.3 is 4.90 Å². The number of nitrogens with zero attached hydrogens (tertiary/aromatic N) is 3. The van der Waals surface area contributed by atoms with E-state index in [4.69, 9.17) is 11.6 Å². The maximum absolute atomic E-state index is 12.8. The third-order valence-corrected chi connectivity index (χ3v) is 4.18. The number of nitrogens with one attached hydrogen (secondary N) is 1. The van der Waals surface area contributed by atoms with Gasteiger partial charge in [-0.25, -0.2) is 4.98 Å². The first kappa shape index (κ1) is 14.1. The van der Waals surface area contributed by atoms with Gasteiger partial charge in [0.25, 0.3) is 5.91 Å². The van der Waals surface area contributed by atoms with Gasteiger partial charge in [0.2, 0.25) is 0 Å². The second-order valence-electron chi connectivity index (χ2n) is 5.36. The molecule has 0 spiro atoms. The molecule has 1 aromatic carbocycles. The number of aromatic amines is 1. The number of piperidine rings is 1. The molecule has 2 aromatic rings. The van der Waals surface area contributed by atoms with Crippen molar-refractivity contribution < 1.29 is 4.79 Å². The van der Waals surface area contributed by atoms with E-state index in [1.807, 2.05) is 24.0 Å². The van der Waals surface area contributed by atoms with Crippen LogP contribution < -0.4 is 0 Å². The lowest BCUT2D eigenvalue weighted by atomic mass is 10.00.